The standard InChI is InChI=1S/C7H11N/c1-3-4-5-6-7-8-2/h3-8H,1H2,2H3/b5-4-,7-6+. The van der Waals surface area contributed by atoms with Gasteiger partial charge in [-0.2, -0.15) is 0 Å². The van der Waals surface area contributed by atoms with Crippen LogP contribution in [0.4, 0.5) is 0 Å². The van der Waals surface area contributed by atoms with Gasteiger partial charge in [0.2, 0.25) is 0 Å². The molecule has 0 radical (unpaired) electrons. The number of nitrogens with one attached hydrogen (secondary N) is 1. The Hall–Kier alpha value is -0.980. The van der Waals surface area contributed by atoms with E-state index in [4.69, 9.17) is 0 Å². The fraction of sp³-hybridized carbons (Fsp3) is 0.143. The minimum Gasteiger partial charge on any atom is -0.394 e. The molecule has 1 nitrogen and oxygen atoms in total. The molecule has 0 aliphatic rings. The lowest BCUT2D eigenvalue weighted by atomic mass is 10.5. The Morgan fingerprint density at radius 3 is 2.50 bits per heavy atom. The zero-order valence-electron chi connectivity index (χ0n) is 5.09. The second-order valence-electron chi connectivity index (χ2n) is 1.27. The Balaban J connectivity index is 3.26. The molecule has 0 aliphatic carbocycles. The van der Waals surface area contributed by atoms with Crippen molar-refractivity contribution in [3.8, 4) is 0 Å². The molecule has 0 aromatic heterocycles. The van der Waals surface area contributed by atoms with Crippen LogP contribution in [0.1, 0.15) is 0 Å². The Bertz CT molecular complexity index is 101. The third kappa shape index (κ3) is 5.02. The zero-order valence-corrected chi connectivity index (χ0v) is 5.09. The topological polar surface area (TPSA) is 12.0 Å². The van der Waals surface area contributed by atoms with Crippen LogP contribution in [0.3, 0.4) is 0 Å². The molecule has 0 heterocycles. The van der Waals surface area contributed by atoms with Crippen molar-refractivity contribution in [2.45, 2.75) is 0 Å². The molecule has 0 spiro atoms. The lowest BCUT2D eigenvalue weighted by Gasteiger charge is -1.77. The van der Waals surface area contributed by atoms with E-state index in [-0.39, 0.29) is 0 Å². The summed E-state index contributed by atoms with van der Waals surface area (Å²) in [6, 6.07) is 0. The van der Waals surface area contributed by atoms with Gasteiger partial charge in [0.1, 0.15) is 0 Å². The van der Waals surface area contributed by atoms with Crippen LogP contribution in [-0.2, 0) is 0 Å². The summed E-state index contributed by atoms with van der Waals surface area (Å²) in [5, 5.41) is 2.86. The largest absolute Gasteiger partial charge is 0.394 e. The van der Waals surface area contributed by atoms with Crippen molar-refractivity contribution in [2.24, 2.45) is 0 Å². The van der Waals surface area contributed by atoms with Gasteiger partial charge in [0, 0.05) is 7.05 Å². The quantitative estimate of drug-likeness (QED) is 0.541. The predicted octanol–water partition coefficient (Wildman–Crippen LogP) is 1.46. The van der Waals surface area contributed by atoms with Crippen molar-refractivity contribution >= 4 is 0 Å². The van der Waals surface area contributed by atoms with Crippen LogP contribution >= 0.6 is 0 Å². The fourth-order valence-electron chi connectivity index (χ4n) is 0.294. The summed E-state index contributed by atoms with van der Waals surface area (Å²) in [4.78, 5) is 0. The molecule has 0 rings (SSSR count). The Morgan fingerprint density at radius 1 is 1.25 bits per heavy atom. The highest BCUT2D eigenvalue weighted by Gasteiger charge is 1.56. The average Bonchev–Trinajstić information content (AvgIpc) is 1.81. The van der Waals surface area contributed by atoms with Crippen molar-refractivity contribution in [2.75, 3.05) is 7.05 Å². The first-order valence-corrected chi connectivity index (χ1v) is 2.53. The summed E-state index contributed by atoms with van der Waals surface area (Å²) in [5.74, 6) is 0. The maximum Gasteiger partial charge on any atom is 0.00277 e. The molecule has 0 atom stereocenters. The van der Waals surface area contributed by atoms with Crippen LogP contribution < -0.4 is 5.32 Å². The van der Waals surface area contributed by atoms with Gasteiger partial charge in [-0.15, -0.1) is 0 Å². The maximum atomic E-state index is 3.52. The molecular weight excluding hydrogens is 98.1 g/mol. The normalized spacial score (nSPS) is 10.6. The Morgan fingerprint density at radius 2 is 2.00 bits per heavy atom. The second-order valence-corrected chi connectivity index (χ2v) is 1.27. The average molecular weight is 109 g/mol. The molecule has 0 fully saturated rings. The van der Waals surface area contributed by atoms with Gasteiger partial charge >= 0.3 is 0 Å². The lowest BCUT2D eigenvalue weighted by molar-refractivity contribution is 1.10. The van der Waals surface area contributed by atoms with E-state index < -0.39 is 0 Å². The predicted molar refractivity (Wildman–Crippen MR) is 37.5 cm³/mol. The van der Waals surface area contributed by atoms with Gasteiger partial charge in [0.05, 0.1) is 0 Å². The van der Waals surface area contributed by atoms with E-state index in [9.17, 15) is 0 Å². The summed E-state index contributed by atoms with van der Waals surface area (Å²) in [7, 11) is 1.86. The second kappa shape index (κ2) is 6.02. The van der Waals surface area contributed by atoms with E-state index in [1.54, 1.807) is 6.08 Å². The van der Waals surface area contributed by atoms with Crippen LogP contribution in [0.5, 0.6) is 0 Å². The first kappa shape index (κ1) is 7.02. The Kier molecular flexibility index (Phi) is 5.28. The van der Waals surface area contributed by atoms with Crippen molar-refractivity contribution in [3.63, 3.8) is 0 Å². The smallest absolute Gasteiger partial charge is 0.00277 e. The number of allylic oxidation sites excluding steroid dienone is 4. The van der Waals surface area contributed by atoms with Crippen molar-refractivity contribution in [3.05, 3.63) is 37.1 Å². The summed E-state index contributed by atoms with van der Waals surface area (Å²) >= 11 is 0. The van der Waals surface area contributed by atoms with Crippen LogP contribution in [0, 0.1) is 0 Å². The minimum atomic E-state index is 1.74. The highest BCUT2D eigenvalue weighted by Crippen LogP contribution is 1.73. The van der Waals surface area contributed by atoms with E-state index in [2.05, 4.69) is 11.9 Å². The van der Waals surface area contributed by atoms with Crippen molar-refractivity contribution in [1.29, 1.82) is 0 Å². The third-order valence-electron chi connectivity index (χ3n) is 0.621. The van der Waals surface area contributed by atoms with Gasteiger partial charge in [-0.25, -0.2) is 0 Å². The van der Waals surface area contributed by atoms with Gasteiger partial charge in [-0.05, 0) is 12.3 Å². The van der Waals surface area contributed by atoms with Crippen LogP contribution in [-0.4, -0.2) is 7.05 Å². The van der Waals surface area contributed by atoms with E-state index >= 15 is 0 Å². The number of hydrogen-bond donors (Lipinski definition) is 1. The first-order chi connectivity index (χ1) is 3.91. The maximum absolute atomic E-state index is 3.52. The lowest BCUT2D eigenvalue weighted by Crippen LogP contribution is -1.89. The molecule has 0 aliphatic heterocycles. The molecule has 0 bridgehead atoms. The molecule has 0 aromatic carbocycles. The van der Waals surface area contributed by atoms with Crippen molar-refractivity contribution in [1.82, 2.24) is 5.32 Å². The highest BCUT2D eigenvalue weighted by molar-refractivity contribution is 5.07. The monoisotopic (exact) mass is 109 g/mol. The van der Waals surface area contributed by atoms with Gasteiger partial charge in [-0.1, -0.05) is 24.8 Å². The molecule has 0 saturated carbocycles. The van der Waals surface area contributed by atoms with Gasteiger partial charge in [-0.3, -0.25) is 0 Å². The SMILES string of the molecule is C=C/C=C\C=C\NC. The molecule has 1 heteroatoms. The molecule has 0 aromatic rings. The van der Waals surface area contributed by atoms with E-state index in [1.807, 2.05) is 31.5 Å². The molecule has 8 heavy (non-hydrogen) atoms. The van der Waals surface area contributed by atoms with Crippen molar-refractivity contribution < 1.29 is 0 Å². The molecular formula is C7H11N. The van der Waals surface area contributed by atoms with Crippen LogP contribution in [0.25, 0.3) is 0 Å². The summed E-state index contributed by atoms with van der Waals surface area (Å²) < 4.78 is 0. The zero-order chi connectivity index (χ0) is 6.24. The summed E-state index contributed by atoms with van der Waals surface area (Å²) in [5.41, 5.74) is 0. The molecule has 0 saturated heterocycles. The minimum absolute atomic E-state index is 1.74. The molecule has 0 unspecified atom stereocenters. The van der Waals surface area contributed by atoms with Gasteiger partial charge in [0.15, 0.2) is 0 Å². The molecule has 44 valence electrons. The Labute approximate surface area is 50.4 Å². The molecule has 0 amide bonds. The number of rotatable bonds is 3. The van der Waals surface area contributed by atoms with E-state index in [0.717, 1.165) is 0 Å². The van der Waals surface area contributed by atoms with Gasteiger partial charge < -0.3 is 5.32 Å². The molecule has 1 N–H and O–H groups in total. The van der Waals surface area contributed by atoms with Crippen LogP contribution in [0.15, 0.2) is 37.1 Å². The summed E-state index contributed by atoms with van der Waals surface area (Å²) in [6.45, 7) is 3.52. The summed E-state index contributed by atoms with van der Waals surface area (Å²) in [6.07, 6.45) is 9.26. The highest BCUT2D eigenvalue weighted by atomic mass is 14.8. The number of hydrogen-bond acceptors (Lipinski definition) is 1. The van der Waals surface area contributed by atoms with E-state index in [1.165, 1.54) is 0 Å². The van der Waals surface area contributed by atoms with Gasteiger partial charge in [0.25, 0.3) is 0 Å². The van der Waals surface area contributed by atoms with Crippen LogP contribution in [0.2, 0.25) is 0 Å². The third-order valence-corrected chi connectivity index (χ3v) is 0.621. The van der Waals surface area contributed by atoms with E-state index in [0.29, 0.717) is 0 Å². The fourth-order valence-corrected chi connectivity index (χ4v) is 0.294. The first-order valence-electron chi connectivity index (χ1n) is 2.53.